The molecule has 2 aromatic rings. The molecule has 2 rings (SSSR count). The molecule has 0 fully saturated rings. The molecule has 0 atom stereocenters. The molecule has 0 aliphatic heterocycles. The highest BCUT2D eigenvalue weighted by Gasteiger charge is 2.37. The Morgan fingerprint density at radius 3 is 1.78 bits per heavy atom. The second kappa shape index (κ2) is 7.22. The maximum atomic E-state index is 12.9. The van der Waals surface area contributed by atoms with Crippen molar-refractivity contribution >= 4 is 17.1 Å². The molecule has 0 saturated carbocycles. The summed E-state index contributed by atoms with van der Waals surface area (Å²) in [7, 11) is 3.51. The molecule has 0 bridgehead atoms. The van der Waals surface area contributed by atoms with Gasteiger partial charge >= 0.3 is 12.4 Å². The third-order valence-electron chi connectivity index (χ3n) is 3.63. The summed E-state index contributed by atoms with van der Waals surface area (Å²) in [5.74, 6) is 0. The fourth-order valence-corrected chi connectivity index (χ4v) is 2.26. The molecule has 0 radical (unpaired) electrons. The van der Waals surface area contributed by atoms with Crippen LogP contribution >= 0.6 is 0 Å². The Kier molecular flexibility index (Phi) is 5.55. The highest BCUT2D eigenvalue weighted by Crippen LogP contribution is 2.38. The average Bonchev–Trinajstić information content (AvgIpc) is 2.54. The topological polar surface area (TPSA) is 61.4 Å². The fraction of sp³-hybridized carbons (Fsp3) is 0.375. The van der Waals surface area contributed by atoms with Gasteiger partial charge < -0.3 is 15.5 Å². The summed E-state index contributed by atoms with van der Waals surface area (Å²) in [6.07, 6.45) is -10.0. The molecule has 2 aromatic carbocycles. The summed E-state index contributed by atoms with van der Waals surface area (Å²) >= 11 is 0. The first kappa shape index (κ1) is 20.7. The number of alkyl halides is 6. The van der Waals surface area contributed by atoms with E-state index in [1.165, 1.54) is 0 Å². The van der Waals surface area contributed by atoms with Crippen LogP contribution in [0.25, 0.3) is 0 Å². The summed E-state index contributed by atoms with van der Waals surface area (Å²) in [6, 6.07) is 0.856. The number of nitrogens with zero attached hydrogens (tertiary/aromatic N) is 1. The molecule has 2 N–H and O–H groups in total. The van der Waals surface area contributed by atoms with Crippen LogP contribution in [0.3, 0.4) is 0 Å². The van der Waals surface area contributed by atoms with Crippen molar-refractivity contribution in [1.82, 2.24) is 4.90 Å². The number of likely N-dealkylation sites (N-methyl/N-ethyl adjacent to an activating group) is 1. The lowest BCUT2D eigenvalue weighted by molar-refractivity contribution is -0.143. The Hall–Kier alpha value is -2.56. The number of hydrogen-bond acceptors (Lipinski definition) is 5. The van der Waals surface area contributed by atoms with Gasteiger partial charge in [-0.25, -0.2) is 0 Å². The van der Waals surface area contributed by atoms with Gasteiger partial charge in [-0.2, -0.15) is 26.3 Å². The number of nitrogens with one attached hydrogen (secondary N) is 2. The van der Waals surface area contributed by atoms with E-state index in [1.807, 2.05) is 0 Å². The van der Waals surface area contributed by atoms with Crippen LogP contribution in [0.15, 0.2) is 27.8 Å². The van der Waals surface area contributed by atoms with E-state index in [0.29, 0.717) is 18.7 Å². The zero-order valence-electron chi connectivity index (χ0n) is 14.2. The van der Waals surface area contributed by atoms with E-state index in [1.54, 1.807) is 19.0 Å². The minimum absolute atomic E-state index is 0.0243. The van der Waals surface area contributed by atoms with Gasteiger partial charge in [-0.1, -0.05) is 0 Å². The van der Waals surface area contributed by atoms with Crippen LogP contribution in [0.1, 0.15) is 11.1 Å². The molecule has 148 valence electrons. The zero-order valence-corrected chi connectivity index (χ0v) is 14.2. The summed E-state index contributed by atoms with van der Waals surface area (Å²) in [5, 5.41) is 4.86. The number of hydrogen-bond donors (Lipinski definition) is 2. The molecular formula is C16H15F6N3O2. The lowest BCUT2D eigenvalue weighted by atomic mass is 10.1. The van der Waals surface area contributed by atoms with E-state index in [2.05, 4.69) is 10.6 Å². The second-order valence-electron chi connectivity index (χ2n) is 6.06. The van der Waals surface area contributed by atoms with Gasteiger partial charge in [0.2, 0.25) is 0 Å². The molecule has 0 aromatic heterocycles. The largest absolute Gasteiger partial charge is 0.416 e. The van der Waals surface area contributed by atoms with Gasteiger partial charge in [-0.3, -0.25) is 9.59 Å². The van der Waals surface area contributed by atoms with Crippen molar-refractivity contribution < 1.29 is 26.3 Å². The zero-order chi connectivity index (χ0) is 20.6. The van der Waals surface area contributed by atoms with Gasteiger partial charge in [0.1, 0.15) is 11.4 Å². The molecular weight excluding hydrogens is 380 g/mol. The van der Waals surface area contributed by atoms with E-state index < -0.39 is 40.0 Å². The van der Waals surface area contributed by atoms with Crippen molar-refractivity contribution in [2.24, 2.45) is 0 Å². The van der Waals surface area contributed by atoms with Crippen molar-refractivity contribution in [2.75, 3.05) is 37.8 Å². The molecule has 5 nitrogen and oxygen atoms in total. The van der Waals surface area contributed by atoms with Crippen LogP contribution in [0.5, 0.6) is 0 Å². The van der Waals surface area contributed by atoms with Crippen molar-refractivity contribution in [3.05, 3.63) is 49.8 Å². The smallest absolute Gasteiger partial charge is 0.379 e. The van der Waals surface area contributed by atoms with E-state index in [9.17, 15) is 35.9 Å². The third-order valence-corrected chi connectivity index (χ3v) is 3.63. The Morgan fingerprint density at radius 1 is 0.852 bits per heavy atom. The van der Waals surface area contributed by atoms with Crippen molar-refractivity contribution in [3.63, 3.8) is 0 Å². The van der Waals surface area contributed by atoms with Crippen molar-refractivity contribution in [1.29, 1.82) is 0 Å². The van der Waals surface area contributed by atoms with Crippen LogP contribution in [-0.4, -0.2) is 32.1 Å². The Labute approximate surface area is 149 Å². The molecule has 11 heteroatoms. The molecule has 0 aliphatic carbocycles. The third kappa shape index (κ3) is 4.79. The Bertz CT molecular complexity index is 863. The lowest BCUT2D eigenvalue weighted by Crippen LogP contribution is -2.37. The standard InChI is InChI=1S/C16H15F6N3O2/c1-25(2)4-3-23-11-12(14(27)13(11)26)24-10-6-8(15(17,18)19)5-9(7-10)16(20,21)22/h5-7,23-24H,3-4H2,1-2H3. The van der Waals surface area contributed by atoms with Crippen LogP contribution in [0.2, 0.25) is 0 Å². The van der Waals surface area contributed by atoms with Gasteiger partial charge in [0.05, 0.1) is 11.1 Å². The normalized spacial score (nSPS) is 12.6. The summed E-state index contributed by atoms with van der Waals surface area (Å²) < 4.78 is 77.3. The minimum Gasteiger partial charge on any atom is -0.379 e. The van der Waals surface area contributed by atoms with Crippen LogP contribution in [-0.2, 0) is 12.4 Å². The first-order valence-corrected chi connectivity index (χ1v) is 7.59. The Morgan fingerprint density at radius 2 is 1.33 bits per heavy atom. The van der Waals surface area contributed by atoms with Gasteiger partial charge in [0, 0.05) is 18.8 Å². The highest BCUT2D eigenvalue weighted by atomic mass is 19.4. The number of rotatable bonds is 6. The second-order valence-corrected chi connectivity index (χ2v) is 6.06. The van der Waals surface area contributed by atoms with Gasteiger partial charge in [-0.05, 0) is 32.3 Å². The van der Waals surface area contributed by atoms with Gasteiger partial charge in [0.25, 0.3) is 10.9 Å². The molecule has 0 amide bonds. The summed E-state index contributed by atoms with van der Waals surface area (Å²) in [6.45, 7) is 0.739. The van der Waals surface area contributed by atoms with Crippen LogP contribution in [0, 0.1) is 0 Å². The first-order chi connectivity index (χ1) is 12.3. The van der Waals surface area contributed by atoms with Crippen LogP contribution < -0.4 is 21.5 Å². The van der Waals surface area contributed by atoms with E-state index in [0.717, 1.165) is 0 Å². The fourth-order valence-electron chi connectivity index (χ4n) is 2.26. The maximum Gasteiger partial charge on any atom is 0.416 e. The lowest BCUT2D eigenvalue weighted by Gasteiger charge is -2.18. The predicted molar refractivity (Wildman–Crippen MR) is 88.1 cm³/mol. The summed E-state index contributed by atoms with van der Waals surface area (Å²) in [5.41, 5.74) is -6.10. The van der Waals surface area contributed by atoms with Crippen LogP contribution in [0.4, 0.5) is 43.4 Å². The molecule has 0 spiro atoms. The Balaban J connectivity index is 2.36. The van der Waals surface area contributed by atoms with Gasteiger partial charge in [-0.15, -0.1) is 0 Å². The van der Waals surface area contributed by atoms with Crippen molar-refractivity contribution in [3.8, 4) is 0 Å². The van der Waals surface area contributed by atoms with Gasteiger partial charge in [0.15, 0.2) is 0 Å². The molecule has 0 saturated heterocycles. The number of halogens is 6. The summed E-state index contributed by atoms with van der Waals surface area (Å²) in [4.78, 5) is 25.1. The van der Waals surface area contributed by atoms with E-state index in [4.69, 9.17) is 0 Å². The molecule has 0 unspecified atom stereocenters. The number of benzene rings is 1. The van der Waals surface area contributed by atoms with E-state index >= 15 is 0 Å². The molecule has 27 heavy (non-hydrogen) atoms. The molecule has 0 heterocycles. The minimum atomic E-state index is -5.02. The van der Waals surface area contributed by atoms with Crippen molar-refractivity contribution in [2.45, 2.75) is 12.4 Å². The predicted octanol–water partition coefficient (Wildman–Crippen LogP) is 3.04. The van der Waals surface area contributed by atoms with E-state index in [-0.39, 0.29) is 24.0 Å². The monoisotopic (exact) mass is 395 g/mol. The highest BCUT2D eigenvalue weighted by molar-refractivity contribution is 5.79. The average molecular weight is 395 g/mol. The molecule has 0 aliphatic rings. The number of anilines is 3. The first-order valence-electron chi connectivity index (χ1n) is 7.59. The quantitative estimate of drug-likeness (QED) is 0.582. The maximum absolute atomic E-state index is 12.9. The SMILES string of the molecule is CN(C)CCNc1c(Nc2cc(C(F)(F)F)cc(C(F)(F)F)c2)c(=O)c1=O.